The van der Waals surface area contributed by atoms with Gasteiger partial charge in [-0.2, -0.15) is 0 Å². The first kappa shape index (κ1) is 16.0. The standard InChI is InChI=1S/C15H15ClN4O2S/c16-13-5-4-12(20(21)22)15(18-13)19-9-6-11(7-10-19)23-14-3-1-2-8-17-14/h1-5,8,11H,6-7,9-10H2. The van der Waals surface area contributed by atoms with Crippen LogP contribution in [0.25, 0.3) is 0 Å². The molecule has 1 saturated heterocycles. The van der Waals surface area contributed by atoms with Crippen LogP contribution in [0.4, 0.5) is 11.5 Å². The summed E-state index contributed by atoms with van der Waals surface area (Å²) in [5.41, 5.74) is 0.00484. The van der Waals surface area contributed by atoms with Gasteiger partial charge >= 0.3 is 5.69 Å². The summed E-state index contributed by atoms with van der Waals surface area (Å²) in [5.74, 6) is 0.365. The number of thioether (sulfide) groups is 1. The van der Waals surface area contributed by atoms with Crippen LogP contribution < -0.4 is 4.90 Å². The van der Waals surface area contributed by atoms with Gasteiger partial charge in [0.25, 0.3) is 0 Å². The highest BCUT2D eigenvalue weighted by Crippen LogP contribution is 2.33. The Morgan fingerprint density at radius 1 is 1.26 bits per heavy atom. The highest BCUT2D eigenvalue weighted by molar-refractivity contribution is 7.99. The van der Waals surface area contributed by atoms with Gasteiger partial charge in [0.1, 0.15) is 5.15 Å². The number of pyridine rings is 2. The minimum Gasteiger partial charge on any atom is -0.351 e. The minimum atomic E-state index is -0.409. The van der Waals surface area contributed by atoms with Crippen molar-refractivity contribution in [2.24, 2.45) is 0 Å². The van der Waals surface area contributed by atoms with Gasteiger partial charge in [-0.25, -0.2) is 9.97 Å². The molecule has 2 aromatic heterocycles. The molecule has 120 valence electrons. The average molecular weight is 351 g/mol. The fraction of sp³-hybridized carbons (Fsp3) is 0.333. The predicted molar refractivity (Wildman–Crippen MR) is 91.2 cm³/mol. The molecule has 0 N–H and O–H groups in total. The molecule has 0 saturated carbocycles. The highest BCUT2D eigenvalue weighted by atomic mass is 35.5. The van der Waals surface area contributed by atoms with Gasteiger partial charge in [0.05, 0.1) is 9.95 Å². The second-order valence-corrected chi connectivity index (χ2v) is 6.91. The summed E-state index contributed by atoms with van der Waals surface area (Å²) >= 11 is 7.66. The van der Waals surface area contributed by atoms with Crippen LogP contribution in [0.2, 0.25) is 5.15 Å². The van der Waals surface area contributed by atoms with Crippen molar-refractivity contribution in [1.29, 1.82) is 0 Å². The third-order valence-electron chi connectivity index (χ3n) is 3.68. The van der Waals surface area contributed by atoms with E-state index in [2.05, 4.69) is 9.97 Å². The third kappa shape index (κ3) is 3.92. The normalized spacial score (nSPS) is 15.6. The molecular formula is C15H15ClN4O2S. The summed E-state index contributed by atoms with van der Waals surface area (Å²) in [6.07, 6.45) is 3.63. The SMILES string of the molecule is O=[N+]([O-])c1ccc(Cl)nc1N1CCC(Sc2ccccn2)CC1. The zero-order valence-corrected chi connectivity index (χ0v) is 13.8. The van der Waals surface area contributed by atoms with Gasteiger partial charge in [-0.1, -0.05) is 17.7 Å². The highest BCUT2D eigenvalue weighted by Gasteiger charge is 2.27. The quantitative estimate of drug-likeness (QED) is 0.474. The van der Waals surface area contributed by atoms with Gasteiger partial charge in [0, 0.05) is 30.6 Å². The van der Waals surface area contributed by atoms with E-state index < -0.39 is 4.92 Å². The molecule has 0 aliphatic carbocycles. The molecule has 1 fully saturated rings. The Hall–Kier alpha value is -1.86. The molecule has 3 heterocycles. The number of hydrogen-bond acceptors (Lipinski definition) is 6. The number of nitro groups is 1. The monoisotopic (exact) mass is 350 g/mol. The number of anilines is 1. The molecule has 0 atom stereocenters. The Bertz CT molecular complexity index is 693. The molecule has 0 radical (unpaired) electrons. The van der Waals surface area contributed by atoms with Crippen LogP contribution in [0, 0.1) is 10.1 Å². The Balaban J connectivity index is 1.67. The van der Waals surface area contributed by atoms with E-state index in [0.717, 1.165) is 31.0 Å². The van der Waals surface area contributed by atoms with Crippen molar-refractivity contribution in [3.05, 3.63) is 51.8 Å². The molecule has 0 spiro atoms. The summed E-state index contributed by atoms with van der Waals surface area (Å²) in [6.45, 7) is 1.44. The maximum atomic E-state index is 11.2. The Labute approximate surface area is 143 Å². The molecule has 1 aliphatic rings. The Morgan fingerprint density at radius 2 is 2.04 bits per heavy atom. The first-order valence-corrected chi connectivity index (χ1v) is 8.53. The lowest BCUT2D eigenvalue weighted by atomic mass is 10.1. The fourth-order valence-electron chi connectivity index (χ4n) is 2.57. The fourth-order valence-corrected chi connectivity index (χ4v) is 3.78. The predicted octanol–water partition coefficient (Wildman–Crippen LogP) is 3.80. The molecule has 0 amide bonds. The van der Waals surface area contributed by atoms with Crippen LogP contribution in [-0.2, 0) is 0 Å². The summed E-state index contributed by atoms with van der Waals surface area (Å²) in [6, 6.07) is 8.74. The van der Waals surface area contributed by atoms with Crippen molar-refractivity contribution < 1.29 is 4.92 Å². The van der Waals surface area contributed by atoms with Gasteiger partial charge < -0.3 is 4.90 Å². The second kappa shape index (κ2) is 7.14. The zero-order chi connectivity index (χ0) is 16.2. The van der Waals surface area contributed by atoms with E-state index in [9.17, 15) is 10.1 Å². The van der Waals surface area contributed by atoms with Crippen LogP contribution in [0.3, 0.4) is 0 Å². The molecule has 8 heteroatoms. The number of halogens is 1. The Kier molecular flexibility index (Phi) is 4.97. The van der Waals surface area contributed by atoms with E-state index in [0.29, 0.717) is 11.1 Å². The van der Waals surface area contributed by atoms with E-state index in [1.54, 1.807) is 18.0 Å². The molecule has 23 heavy (non-hydrogen) atoms. The number of piperidine rings is 1. The second-order valence-electron chi connectivity index (χ2n) is 5.21. The molecule has 0 aromatic carbocycles. The molecule has 2 aromatic rings. The number of aromatic nitrogens is 2. The van der Waals surface area contributed by atoms with Gasteiger partial charge in [-0.15, -0.1) is 11.8 Å². The van der Waals surface area contributed by atoms with Crippen molar-refractivity contribution in [2.75, 3.05) is 18.0 Å². The number of rotatable bonds is 4. The van der Waals surface area contributed by atoms with E-state index >= 15 is 0 Å². The Morgan fingerprint density at radius 3 is 2.70 bits per heavy atom. The van der Waals surface area contributed by atoms with E-state index in [4.69, 9.17) is 11.6 Å². The summed E-state index contributed by atoms with van der Waals surface area (Å²) in [4.78, 5) is 21.2. The molecule has 0 unspecified atom stereocenters. The summed E-state index contributed by atoms with van der Waals surface area (Å²) in [7, 11) is 0. The zero-order valence-electron chi connectivity index (χ0n) is 12.3. The minimum absolute atomic E-state index is 0.00484. The maximum absolute atomic E-state index is 11.2. The van der Waals surface area contributed by atoms with Crippen LogP contribution in [0.1, 0.15) is 12.8 Å². The van der Waals surface area contributed by atoms with Crippen molar-refractivity contribution >= 4 is 34.9 Å². The molecule has 3 rings (SSSR count). The van der Waals surface area contributed by atoms with Crippen LogP contribution in [0.5, 0.6) is 0 Å². The number of hydrogen-bond donors (Lipinski definition) is 0. The van der Waals surface area contributed by atoms with Crippen molar-refractivity contribution in [2.45, 2.75) is 23.1 Å². The summed E-state index contributed by atoms with van der Waals surface area (Å²) in [5, 5.41) is 12.9. The molecule has 1 aliphatic heterocycles. The van der Waals surface area contributed by atoms with Crippen LogP contribution in [0.15, 0.2) is 41.6 Å². The lowest BCUT2D eigenvalue weighted by Gasteiger charge is -2.32. The van der Waals surface area contributed by atoms with Gasteiger partial charge in [0.15, 0.2) is 0 Å². The first-order chi connectivity index (χ1) is 11.1. The van der Waals surface area contributed by atoms with Crippen LogP contribution in [-0.4, -0.2) is 33.2 Å². The smallest absolute Gasteiger partial charge is 0.311 e. The first-order valence-electron chi connectivity index (χ1n) is 7.27. The molecule has 6 nitrogen and oxygen atoms in total. The van der Waals surface area contributed by atoms with E-state index in [1.165, 1.54) is 12.1 Å². The van der Waals surface area contributed by atoms with Crippen molar-refractivity contribution in [3.63, 3.8) is 0 Å². The van der Waals surface area contributed by atoms with Gasteiger partial charge in [0.2, 0.25) is 5.82 Å². The lowest BCUT2D eigenvalue weighted by Crippen LogP contribution is -2.35. The lowest BCUT2D eigenvalue weighted by molar-refractivity contribution is -0.384. The average Bonchev–Trinajstić information content (AvgIpc) is 2.56. The number of nitrogens with zero attached hydrogens (tertiary/aromatic N) is 4. The van der Waals surface area contributed by atoms with Crippen molar-refractivity contribution in [1.82, 2.24) is 9.97 Å². The van der Waals surface area contributed by atoms with E-state index in [-0.39, 0.29) is 10.8 Å². The van der Waals surface area contributed by atoms with E-state index in [1.807, 2.05) is 23.1 Å². The third-order valence-corrected chi connectivity index (χ3v) is 5.18. The molecular weight excluding hydrogens is 336 g/mol. The summed E-state index contributed by atoms with van der Waals surface area (Å²) < 4.78 is 0. The molecule has 0 bridgehead atoms. The van der Waals surface area contributed by atoms with Crippen LogP contribution >= 0.6 is 23.4 Å². The maximum Gasteiger partial charge on any atom is 0.311 e. The van der Waals surface area contributed by atoms with Crippen molar-refractivity contribution in [3.8, 4) is 0 Å². The topological polar surface area (TPSA) is 72.2 Å². The largest absolute Gasteiger partial charge is 0.351 e. The van der Waals surface area contributed by atoms with Gasteiger partial charge in [-0.3, -0.25) is 10.1 Å². The van der Waals surface area contributed by atoms with Gasteiger partial charge in [-0.05, 0) is 31.0 Å².